The molecule has 0 saturated carbocycles. The van der Waals surface area contributed by atoms with Crippen molar-refractivity contribution in [1.29, 1.82) is 0 Å². The Morgan fingerprint density at radius 2 is 1.44 bits per heavy atom. The second-order valence-electron chi connectivity index (χ2n) is 10.1. The number of rotatable bonds is 8. The highest BCUT2D eigenvalue weighted by molar-refractivity contribution is 5.65. The quantitative estimate of drug-likeness (QED) is 0.322. The van der Waals surface area contributed by atoms with Gasteiger partial charge in [-0.15, -0.1) is 0 Å². The standard InChI is InChI=1S/C33H34N2O/c1-36-30-18-17-27(24-11-5-2-6-12-24)21-29(30)22-34-32-28-19-20-35(23-28)33(32)31(25-13-7-3-8-14-25)26-15-9-4-10-16-26/h2-18,21,28,31-34H,19-20,22-23H2,1H3. The van der Waals surface area contributed by atoms with Crippen molar-refractivity contribution in [2.75, 3.05) is 20.2 Å². The average molecular weight is 475 g/mol. The molecule has 1 N–H and O–H groups in total. The maximum absolute atomic E-state index is 5.78. The molecule has 3 heteroatoms. The molecule has 2 heterocycles. The van der Waals surface area contributed by atoms with Crippen molar-refractivity contribution in [3.63, 3.8) is 0 Å². The van der Waals surface area contributed by atoms with Crippen LogP contribution in [0.2, 0.25) is 0 Å². The Labute approximate surface area is 214 Å². The van der Waals surface area contributed by atoms with Crippen LogP contribution in [0.5, 0.6) is 5.75 Å². The van der Waals surface area contributed by atoms with Gasteiger partial charge in [-0.1, -0.05) is 97.1 Å². The summed E-state index contributed by atoms with van der Waals surface area (Å²) in [7, 11) is 1.77. The highest BCUT2D eigenvalue weighted by atomic mass is 16.5. The summed E-state index contributed by atoms with van der Waals surface area (Å²) in [6, 6.07) is 40.1. The summed E-state index contributed by atoms with van der Waals surface area (Å²) in [6.45, 7) is 3.17. The lowest BCUT2D eigenvalue weighted by Gasteiger charge is -2.39. The van der Waals surface area contributed by atoms with Gasteiger partial charge >= 0.3 is 0 Å². The topological polar surface area (TPSA) is 24.5 Å². The summed E-state index contributed by atoms with van der Waals surface area (Å²) in [6.07, 6.45) is 1.27. The molecule has 182 valence electrons. The Balaban J connectivity index is 1.31. The average Bonchev–Trinajstić information content (AvgIpc) is 3.56. The number of benzene rings is 4. The Hall–Kier alpha value is -3.40. The first-order valence-corrected chi connectivity index (χ1v) is 13.1. The summed E-state index contributed by atoms with van der Waals surface area (Å²) < 4.78 is 5.78. The van der Waals surface area contributed by atoms with Crippen LogP contribution < -0.4 is 10.1 Å². The number of hydrogen-bond donors (Lipinski definition) is 1. The molecule has 4 aromatic carbocycles. The zero-order valence-corrected chi connectivity index (χ0v) is 20.9. The fraction of sp³-hybridized carbons (Fsp3) is 0.273. The second-order valence-corrected chi connectivity index (χ2v) is 10.1. The van der Waals surface area contributed by atoms with Gasteiger partial charge in [0.05, 0.1) is 7.11 Å². The number of ether oxygens (including phenoxy) is 1. The van der Waals surface area contributed by atoms with E-state index in [1.807, 2.05) is 0 Å². The maximum atomic E-state index is 5.78. The Kier molecular flexibility index (Phi) is 6.59. The molecule has 2 aliphatic rings. The number of hydrogen-bond acceptors (Lipinski definition) is 3. The molecule has 4 atom stereocenters. The minimum Gasteiger partial charge on any atom is -0.496 e. The minimum absolute atomic E-state index is 0.341. The van der Waals surface area contributed by atoms with E-state index in [9.17, 15) is 0 Å². The van der Waals surface area contributed by atoms with E-state index in [-0.39, 0.29) is 0 Å². The van der Waals surface area contributed by atoms with E-state index in [4.69, 9.17) is 4.74 Å². The summed E-state index contributed by atoms with van der Waals surface area (Å²) in [5.41, 5.74) is 6.48. The third-order valence-corrected chi connectivity index (χ3v) is 8.13. The molecule has 0 radical (unpaired) electrons. The molecule has 2 bridgehead atoms. The minimum atomic E-state index is 0.341. The molecule has 2 saturated heterocycles. The van der Waals surface area contributed by atoms with Crippen molar-refractivity contribution >= 4 is 0 Å². The highest BCUT2D eigenvalue weighted by Gasteiger charge is 2.49. The van der Waals surface area contributed by atoms with Gasteiger partial charge in [-0.25, -0.2) is 0 Å². The monoisotopic (exact) mass is 474 g/mol. The zero-order chi connectivity index (χ0) is 24.3. The molecule has 4 unspecified atom stereocenters. The molecule has 0 amide bonds. The van der Waals surface area contributed by atoms with Crippen molar-refractivity contribution in [1.82, 2.24) is 10.2 Å². The van der Waals surface area contributed by atoms with Crippen LogP contribution in [-0.4, -0.2) is 37.2 Å². The van der Waals surface area contributed by atoms with Gasteiger partial charge < -0.3 is 10.1 Å². The van der Waals surface area contributed by atoms with Crippen LogP contribution in [-0.2, 0) is 6.54 Å². The van der Waals surface area contributed by atoms with Crippen molar-refractivity contribution in [3.8, 4) is 16.9 Å². The van der Waals surface area contributed by atoms with Gasteiger partial charge in [0.2, 0.25) is 0 Å². The van der Waals surface area contributed by atoms with Gasteiger partial charge in [0.1, 0.15) is 5.75 Å². The van der Waals surface area contributed by atoms with Crippen LogP contribution in [0.15, 0.2) is 109 Å². The van der Waals surface area contributed by atoms with Gasteiger partial charge in [-0.3, -0.25) is 4.90 Å². The number of methoxy groups -OCH3 is 1. The molecule has 0 spiro atoms. The Morgan fingerprint density at radius 1 is 0.806 bits per heavy atom. The van der Waals surface area contributed by atoms with Crippen molar-refractivity contribution < 1.29 is 4.74 Å². The zero-order valence-electron chi connectivity index (χ0n) is 20.9. The van der Waals surface area contributed by atoms with Gasteiger partial charge in [-0.2, -0.15) is 0 Å². The maximum Gasteiger partial charge on any atom is 0.123 e. The van der Waals surface area contributed by atoms with E-state index in [2.05, 4.69) is 119 Å². The predicted octanol–water partition coefficient (Wildman–Crippen LogP) is 6.36. The summed E-state index contributed by atoms with van der Waals surface area (Å²) >= 11 is 0. The summed E-state index contributed by atoms with van der Waals surface area (Å²) in [5.74, 6) is 1.96. The number of nitrogens with zero attached hydrogens (tertiary/aromatic N) is 1. The summed E-state index contributed by atoms with van der Waals surface area (Å²) in [5, 5.41) is 4.03. The molecule has 6 rings (SSSR count). The van der Waals surface area contributed by atoms with E-state index in [0.29, 0.717) is 23.9 Å². The van der Waals surface area contributed by atoms with Gasteiger partial charge in [-0.05, 0) is 53.3 Å². The van der Waals surface area contributed by atoms with Gasteiger partial charge in [0.15, 0.2) is 0 Å². The van der Waals surface area contributed by atoms with Crippen LogP contribution in [0.25, 0.3) is 11.1 Å². The fourth-order valence-electron chi connectivity index (χ4n) is 6.45. The third kappa shape index (κ3) is 4.45. The van der Waals surface area contributed by atoms with E-state index >= 15 is 0 Å². The molecule has 0 aromatic heterocycles. The van der Waals surface area contributed by atoms with Crippen molar-refractivity contribution in [3.05, 3.63) is 126 Å². The lowest BCUT2D eigenvalue weighted by Crippen LogP contribution is -2.50. The molecular weight excluding hydrogens is 440 g/mol. The second kappa shape index (κ2) is 10.3. The first-order valence-electron chi connectivity index (χ1n) is 13.1. The van der Waals surface area contributed by atoms with Gasteiger partial charge in [0.25, 0.3) is 0 Å². The molecule has 36 heavy (non-hydrogen) atoms. The predicted molar refractivity (Wildman–Crippen MR) is 147 cm³/mol. The molecule has 3 nitrogen and oxygen atoms in total. The third-order valence-electron chi connectivity index (χ3n) is 8.13. The number of nitrogens with one attached hydrogen (secondary N) is 1. The van der Waals surface area contributed by atoms with Crippen LogP contribution >= 0.6 is 0 Å². The lowest BCUT2D eigenvalue weighted by molar-refractivity contribution is 0.197. The smallest absolute Gasteiger partial charge is 0.123 e. The highest BCUT2D eigenvalue weighted by Crippen LogP contribution is 2.43. The van der Waals surface area contributed by atoms with Crippen LogP contribution in [0.4, 0.5) is 0 Å². The molecular formula is C33H34N2O. The van der Waals surface area contributed by atoms with Crippen LogP contribution in [0.3, 0.4) is 0 Å². The van der Waals surface area contributed by atoms with E-state index in [1.54, 1.807) is 7.11 Å². The summed E-state index contributed by atoms with van der Waals surface area (Å²) in [4.78, 5) is 2.73. The first kappa shape index (κ1) is 23.0. The SMILES string of the molecule is COc1ccc(-c2ccccc2)cc1CNC1C2CCN(C2)C1C(c1ccccc1)c1ccccc1. The molecule has 2 fully saturated rings. The van der Waals surface area contributed by atoms with Crippen molar-refractivity contribution in [2.24, 2.45) is 5.92 Å². The lowest BCUT2D eigenvalue weighted by atomic mass is 9.78. The largest absolute Gasteiger partial charge is 0.496 e. The normalized spacial score (nSPS) is 22.7. The van der Waals surface area contributed by atoms with Gasteiger partial charge in [0, 0.05) is 36.7 Å². The van der Waals surface area contributed by atoms with E-state index in [1.165, 1.54) is 47.3 Å². The number of fused-ring (bicyclic) bond motifs is 2. The molecule has 2 aliphatic heterocycles. The van der Waals surface area contributed by atoms with Crippen LogP contribution in [0.1, 0.15) is 29.0 Å². The Bertz CT molecular complexity index is 1240. The molecule has 4 aromatic rings. The van der Waals surface area contributed by atoms with Crippen LogP contribution in [0, 0.1) is 5.92 Å². The Morgan fingerprint density at radius 3 is 2.08 bits per heavy atom. The number of piperidine rings is 1. The fourth-order valence-corrected chi connectivity index (χ4v) is 6.45. The molecule has 0 aliphatic carbocycles. The van der Waals surface area contributed by atoms with E-state index < -0.39 is 0 Å². The van der Waals surface area contributed by atoms with Crippen molar-refractivity contribution in [2.45, 2.75) is 31.0 Å². The first-order chi connectivity index (χ1) is 17.8. The van der Waals surface area contributed by atoms with E-state index in [0.717, 1.165) is 12.3 Å².